The zero-order chi connectivity index (χ0) is 13.1. The van der Waals surface area contributed by atoms with Crippen molar-refractivity contribution < 1.29 is 8.78 Å². The van der Waals surface area contributed by atoms with Gasteiger partial charge in [0, 0.05) is 4.88 Å². The Hall–Kier alpha value is -1.30. The third kappa shape index (κ3) is 2.58. The molecule has 2 nitrogen and oxygen atoms in total. The van der Waals surface area contributed by atoms with E-state index in [0.717, 1.165) is 16.5 Å². The molecule has 0 bridgehead atoms. The minimum absolute atomic E-state index is 0.215. The van der Waals surface area contributed by atoms with E-state index in [-0.39, 0.29) is 6.04 Å². The minimum Gasteiger partial charge on any atom is -0.271 e. The molecule has 2 aromatic rings. The molecule has 0 aliphatic carbocycles. The number of benzene rings is 1. The summed E-state index contributed by atoms with van der Waals surface area (Å²) in [6.07, 6.45) is 0.317. The van der Waals surface area contributed by atoms with Gasteiger partial charge in [-0.05, 0) is 42.0 Å². The number of nitrogens with two attached hydrogens (primary N) is 1. The van der Waals surface area contributed by atoms with Crippen LogP contribution >= 0.6 is 11.3 Å². The molecule has 0 fully saturated rings. The minimum atomic E-state index is -0.828. The van der Waals surface area contributed by atoms with E-state index in [0.29, 0.717) is 12.0 Å². The topological polar surface area (TPSA) is 38.0 Å². The monoisotopic (exact) mass is 268 g/mol. The van der Waals surface area contributed by atoms with Crippen LogP contribution in [0.5, 0.6) is 0 Å². The number of hydrazine groups is 1. The maximum atomic E-state index is 13.6. The van der Waals surface area contributed by atoms with Crippen molar-refractivity contribution in [1.82, 2.24) is 5.43 Å². The van der Waals surface area contributed by atoms with Crippen molar-refractivity contribution in [2.24, 2.45) is 5.84 Å². The first-order chi connectivity index (χ1) is 8.63. The molecule has 96 valence electrons. The molecule has 1 atom stereocenters. The fourth-order valence-electron chi connectivity index (χ4n) is 1.94. The highest BCUT2D eigenvalue weighted by atomic mass is 32.1. The van der Waals surface area contributed by atoms with Gasteiger partial charge in [-0.15, -0.1) is 11.3 Å². The van der Waals surface area contributed by atoms with Crippen LogP contribution in [0.3, 0.4) is 0 Å². The zero-order valence-corrected chi connectivity index (χ0v) is 10.7. The molecule has 0 saturated heterocycles. The SMILES string of the molecule is Cc1sccc1C(Cc1cccc(F)c1F)NN. The van der Waals surface area contributed by atoms with Crippen LogP contribution in [0.1, 0.15) is 22.0 Å². The first-order valence-corrected chi connectivity index (χ1v) is 6.44. The lowest BCUT2D eigenvalue weighted by atomic mass is 9.99. The number of aryl methyl sites for hydroxylation is 1. The average Bonchev–Trinajstić information content (AvgIpc) is 2.77. The van der Waals surface area contributed by atoms with Gasteiger partial charge in [0.25, 0.3) is 0 Å². The Kier molecular flexibility index (Phi) is 4.06. The van der Waals surface area contributed by atoms with Crippen LogP contribution < -0.4 is 11.3 Å². The summed E-state index contributed by atoms with van der Waals surface area (Å²) in [5.41, 5.74) is 4.00. The van der Waals surface area contributed by atoms with Crippen LogP contribution in [-0.2, 0) is 6.42 Å². The number of thiophene rings is 1. The Balaban J connectivity index is 2.26. The molecule has 18 heavy (non-hydrogen) atoms. The average molecular weight is 268 g/mol. The molecule has 0 saturated carbocycles. The predicted octanol–water partition coefficient (Wildman–Crippen LogP) is 3.08. The number of hydrogen-bond acceptors (Lipinski definition) is 3. The van der Waals surface area contributed by atoms with E-state index in [1.807, 2.05) is 18.4 Å². The third-order valence-corrected chi connectivity index (χ3v) is 3.79. The van der Waals surface area contributed by atoms with E-state index in [9.17, 15) is 8.78 Å². The van der Waals surface area contributed by atoms with E-state index in [1.54, 1.807) is 17.4 Å². The standard InChI is InChI=1S/C13H14F2N2S/c1-8-10(5-6-18-8)12(17-16)7-9-3-2-4-11(14)13(9)15/h2-6,12,17H,7,16H2,1H3. The van der Waals surface area contributed by atoms with Crippen molar-refractivity contribution in [2.75, 3.05) is 0 Å². The number of halogens is 2. The van der Waals surface area contributed by atoms with Crippen molar-refractivity contribution in [3.8, 4) is 0 Å². The number of hydrogen-bond donors (Lipinski definition) is 2. The molecule has 2 rings (SSSR count). The third-order valence-electron chi connectivity index (χ3n) is 2.93. The quantitative estimate of drug-likeness (QED) is 0.660. The highest BCUT2D eigenvalue weighted by Crippen LogP contribution is 2.26. The molecule has 3 N–H and O–H groups in total. The fourth-order valence-corrected chi connectivity index (χ4v) is 2.71. The maximum absolute atomic E-state index is 13.6. The fraction of sp³-hybridized carbons (Fsp3) is 0.231. The zero-order valence-electron chi connectivity index (χ0n) is 9.91. The lowest BCUT2D eigenvalue weighted by molar-refractivity contribution is 0.481. The molecule has 1 unspecified atom stereocenters. The van der Waals surface area contributed by atoms with Gasteiger partial charge in [0.15, 0.2) is 11.6 Å². The van der Waals surface area contributed by atoms with E-state index >= 15 is 0 Å². The Morgan fingerprint density at radius 3 is 2.72 bits per heavy atom. The predicted molar refractivity (Wildman–Crippen MR) is 69.2 cm³/mol. The van der Waals surface area contributed by atoms with Crippen molar-refractivity contribution in [3.05, 3.63) is 57.3 Å². The largest absolute Gasteiger partial charge is 0.271 e. The van der Waals surface area contributed by atoms with Gasteiger partial charge in [0.1, 0.15) is 0 Å². The van der Waals surface area contributed by atoms with Crippen molar-refractivity contribution in [1.29, 1.82) is 0 Å². The Morgan fingerprint density at radius 2 is 2.11 bits per heavy atom. The molecular weight excluding hydrogens is 254 g/mol. The van der Waals surface area contributed by atoms with Crippen LogP contribution in [0.2, 0.25) is 0 Å². The van der Waals surface area contributed by atoms with Gasteiger partial charge in [0.2, 0.25) is 0 Å². The molecule has 0 spiro atoms. The van der Waals surface area contributed by atoms with E-state index < -0.39 is 11.6 Å². The molecule has 1 aromatic carbocycles. The molecule has 1 aromatic heterocycles. The summed E-state index contributed by atoms with van der Waals surface area (Å²) >= 11 is 1.60. The van der Waals surface area contributed by atoms with Gasteiger partial charge in [-0.1, -0.05) is 12.1 Å². The van der Waals surface area contributed by atoms with Crippen LogP contribution in [0.25, 0.3) is 0 Å². The summed E-state index contributed by atoms with van der Waals surface area (Å²) in [6, 6.07) is 5.92. The Morgan fingerprint density at radius 1 is 1.33 bits per heavy atom. The van der Waals surface area contributed by atoms with Gasteiger partial charge in [-0.2, -0.15) is 0 Å². The highest BCUT2D eigenvalue weighted by Gasteiger charge is 2.17. The molecule has 1 heterocycles. The van der Waals surface area contributed by atoms with Gasteiger partial charge >= 0.3 is 0 Å². The van der Waals surface area contributed by atoms with Crippen molar-refractivity contribution in [3.63, 3.8) is 0 Å². The summed E-state index contributed by atoms with van der Waals surface area (Å²) in [5, 5.41) is 1.96. The molecular formula is C13H14F2N2S. The van der Waals surface area contributed by atoms with Gasteiger partial charge in [-0.3, -0.25) is 11.3 Å². The summed E-state index contributed by atoms with van der Waals surface area (Å²) < 4.78 is 26.7. The summed E-state index contributed by atoms with van der Waals surface area (Å²) in [7, 11) is 0. The molecule has 0 aliphatic rings. The van der Waals surface area contributed by atoms with Crippen LogP contribution in [0.4, 0.5) is 8.78 Å². The second kappa shape index (κ2) is 5.56. The summed E-state index contributed by atoms with van der Waals surface area (Å²) in [4.78, 5) is 1.12. The maximum Gasteiger partial charge on any atom is 0.162 e. The van der Waals surface area contributed by atoms with Gasteiger partial charge in [-0.25, -0.2) is 8.78 Å². The summed E-state index contributed by atoms with van der Waals surface area (Å²) in [5.74, 6) is 3.88. The molecule has 5 heteroatoms. The number of nitrogens with one attached hydrogen (secondary N) is 1. The van der Waals surface area contributed by atoms with Crippen molar-refractivity contribution in [2.45, 2.75) is 19.4 Å². The van der Waals surface area contributed by atoms with Crippen LogP contribution in [-0.4, -0.2) is 0 Å². The second-order valence-corrected chi connectivity index (χ2v) is 5.19. The number of rotatable bonds is 4. The molecule has 0 radical (unpaired) electrons. The Labute approximate surface area is 108 Å². The highest BCUT2D eigenvalue weighted by molar-refractivity contribution is 7.10. The summed E-state index contributed by atoms with van der Waals surface area (Å²) in [6.45, 7) is 1.98. The lowest BCUT2D eigenvalue weighted by Gasteiger charge is -2.16. The van der Waals surface area contributed by atoms with Crippen LogP contribution in [0.15, 0.2) is 29.6 Å². The van der Waals surface area contributed by atoms with E-state index in [2.05, 4.69) is 5.43 Å². The normalized spacial score (nSPS) is 12.7. The lowest BCUT2D eigenvalue weighted by Crippen LogP contribution is -2.30. The van der Waals surface area contributed by atoms with Gasteiger partial charge < -0.3 is 0 Å². The second-order valence-electron chi connectivity index (χ2n) is 4.07. The smallest absolute Gasteiger partial charge is 0.162 e. The van der Waals surface area contributed by atoms with Crippen LogP contribution in [0, 0.1) is 18.6 Å². The first-order valence-electron chi connectivity index (χ1n) is 5.56. The van der Waals surface area contributed by atoms with E-state index in [4.69, 9.17) is 5.84 Å². The molecule has 0 aliphatic heterocycles. The first kappa shape index (κ1) is 13.1. The molecule has 0 amide bonds. The van der Waals surface area contributed by atoms with E-state index in [1.165, 1.54) is 6.07 Å². The van der Waals surface area contributed by atoms with Gasteiger partial charge in [0.05, 0.1) is 6.04 Å². The Bertz CT molecular complexity index is 540. The van der Waals surface area contributed by atoms with Crippen molar-refractivity contribution >= 4 is 11.3 Å².